The van der Waals surface area contributed by atoms with Gasteiger partial charge in [-0.15, -0.1) is 11.8 Å². The predicted molar refractivity (Wildman–Crippen MR) is 75.5 cm³/mol. The number of benzene rings is 1. The van der Waals surface area contributed by atoms with Gasteiger partial charge in [0.05, 0.1) is 12.2 Å². The van der Waals surface area contributed by atoms with Gasteiger partial charge in [0.15, 0.2) is 0 Å². The molecule has 3 nitrogen and oxygen atoms in total. The zero-order valence-corrected chi connectivity index (χ0v) is 11.8. The fourth-order valence-electron chi connectivity index (χ4n) is 1.56. The van der Waals surface area contributed by atoms with Crippen molar-refractivity contribution in [2.75, 3.05) is 18.9 Å². The van der Waals surface area contributed by atoms with Crippen molar-refractivity contribution in [2.24, 2.45) is 5.92 Å². The van der Waals surface area contributed by atoms with E-state index in [9.17, 15) is 0 Å². The maximum Gasteiger partial charge on any atom is 0.100 e. The Morgan fingerprint density at radius 1 is 1.44 bits per heavy atom. The fraction of sp³-hybridized carbons (Fsp3) is 0.500. The first kappa shape index (κ1) is 15.0. The Labute approximate surface area is 113 Å². The molecule has 18 heavy (non-hydrogen) atoms. The van der Waals surface area contributed by atoms with Crippen LogP contribution in [0.15, 0.2) is 23.1 Å². The van der Waals surface area contributed by atoms with E-state index in [0.29, 0.717) is 17.2 Å². The number of nitrogens with one attached hydrogen (secondary N) is 1. The highest BCUT2D eigenvalue weighted by Crippen LogP contribution is 2.23. The minimum atomic E-state index is 0.132. The number of thioether (sulfide) groups is 1. The molecule has 0 aliphatic heterocycles. The van der Waals surface area contributed by atoms with Gasteiger partial charge in [-0.2, -0.15) is 5.26 Å². The molecule has 0 bridgehead atoms. The molecule has 1 aromatic carbocycles. The molecule has 0 aliphatic rings. The zero-order chi connectivity index (χ0) is 13.4. The molecule has 0 saturated heterocycles. The lowest BCUT2D eigenvalue weighted by molar-refractivity contribution is 0.322. The number of nitriles is 1. The topological polar surface area (TPSA) is 56.0 Å². The van der Waals surface area contributed by atoms with Crippen molar-refractivity contribution in [3.05, 3.63) is 29.3 Å². The number of aliphatic hydroxyl groups is 1. The van der Waals surface area contributed by atoms with Gasteiger partial charge in [0, 0.05) is 17.2 Å². The Hall–Kier alpha value is -1.02. The molecule has 0 saturated carbocycles. The quantitative estimate of drug-likeness (QED) is 0.742. The standard InChI is InChI=1S/C14H20N2OS/c1-11(2)9-16-10-12-3-4-14(18-6-5-17)13(7-12)8-15/h3-4,7,11,16-17H,5-6,9-10H2,1-2H3. The van der Waals surface area contributed by atoms with Gasteiger partial charge in [-0.1, -0.05) is 19.9 Å². The van der Waals surface area contributed by atoms with E-state index < -0.39 is 0 Å². The average molecular weight is 264 g/mol. The summed E-state index contributed by atoms with van der Waals surface area (Å²) in [7, 11) is 0. The lowest BCUT2D eigenvalue weighted by Gasteiger charge is -2.09. The molecular weight excluding hydrogens is 244 g/mol. The Morgan fingerprint density at radius 3 is 2.83 bits per heavy atom. The third kappa shape index (κ3) is 5.09. The lowest BCUT2D eigenvalue weighted by atomic mass is 10.1. The second-order valence-electron chi connectivity index (χ2n) is 4.54. The molecule has 0 heterocycles. The van der Waals surface area contributed by atoms with Crippen molar-refractivity contribution in [3.63, 3.8) is 0 Å². The van der Waals surface area contributed by atoms with E-state index >= 15 is 0 Å². The Kier molecular flexibility index (Phi) is 6.81. The number of aliphatic hydroxyl groups excluding tert-OH is 1. The second kappa shape index (κ2) is 8.15. The van der Waals surface area contributed by atoms with Crippen LogP contribution in [0.3, 0.4) is 0 Å². The molecule has 2 N–H and O–H groups in total. The van der Waals surface area contributed by atoms with E-state index in [4.69, 9.17) is 10.4 Å². The van der Waals surface area contributed by atoms with Gasteiger partial charge in [0.2, 0.25) is 0 Å². The first-order chi connectivity index (χ1) is 8.67. The van der Waals surface area contributed by atoms with Crippen LogP contribution in [0.2, 0.25) is 0 Å². The summed E-state index contributed by atoms with van der Waals surface area (Å²) >= 11 is 1.52. The summed E-state index contributed by atoms with van der Waals surface area (Å²) in [4.78, 5) is 0.944. The van der Waals surface area contributed by atoms with Crippen molar-refractivity contribution >= 4 is 11.8 Å². The van der Waals surface area contributed by atoms with Crippen molar-refractivity contribution in [2.45, 2.75) is 25.3 Å². The van der Waals surface area contributed by atoms with Crippen LogP contribution in [0, 0.1) is 17.2 Å². The molecule has 0 atom stereocenters. The number of hydrogen-bond acceptors (Lipinski definition) is 4. The molecular formula is C14H20N2OS. The molecule has 0 unspecified atom stereocenters. The normalized spacial score (nSPS) is 10.6. The van der Waals surface area contributed by atoms with Crippen molar-refractivity contribution in [1.82, 2.24) is 5.32 Å². The molecule has 1 aromatic rings. The third-order valence-electron chi connectivity index (χ3n) is 2.39. The molecule has 0 spiro atoms. The van der Waals surface area contributed by atoms with Crippen LogP contribution >= 0.6 is 11.8 Å². The van der Waals surface area contributed by atoms with E-state index in [1.54, 1.807) is 0 Å². The van der Waals surface area contributed by atoms with E-state index in [0.717, 1.165) is 23.5 Å². The van der Waals surface area contributed by atoms with Crippen LogP contribution in [-0.4, -0.2) is 24.0 Å². The summed E-state index contributed by atoms with van der Waals surface area (Å²) in [5.41, 5.74) is 1.82. The maximum atomic E-state index is 9.11. The van der Waals surface area contributed by atoms with E-state index in [2.05, 4.69) is 25.2 Å². The Balaban J connectivity index is 2.64. The van der Waals surface area contributed by atoms with Gasteiger partial charge in [0.1, 0.15) is 6.07 Å². The maximum absolute atomic E-state index is 9.11. The first-order valence-electron chi connectivity index (χ1n) is 6.14. The smallest absolute Gasteiger partial charge is 0.100 e. The van der Waals surface area contributed by atoms with Crippen molar-refractivity contribution in [3.8, 4) is 6.07 Å². The van der Waals surface area contributed by atoms with Gasteiger partial charge < -0.3 is 10.4 Å². The van der Waals surface area contributed by atoms with Crippen LogP contribution in [0.1, 0.15) is 25.0 Å². The van der Waals surface area contributed by atoms with Gasteiger partial charge in [0.25, 0.3) is 0 Å². The van der Waals surface area contributed by atoms with Crippen LogP contribution in [0.4, 0.5) is 0 Å². The highest BCUT2D eigenvalue weighted by Gasteiger charge is 2.04. The highest BCUT2D eigenvalue weighted by molar-refractivity contribution is 7.99. The summed E-state index contributed by atoms with van der Waals surface area (Å²) in [6.07, 6.45) is 0. The number of rotatable bonds is 7. The monoisotopic (exact) mass is 264 g/mol. The lowest BCUT2D eigenvalue weighted by Crippen LogP contribution is -2.18. The SMILES string of the molecule is CC(C)CNCc1ccc(SCCO)c(C#N)c1. The summed E-state index contributed by atoms with van der Waals surface area (Å²) < 4.78 is 0. The third-order valence-corrected chi connectivity index (χ3v) is 3.45. The first-order valence-corrected chi connectivity index (χ1v) is 7.13. The molecule has 0 amide bonds. The number of hydrogen-bond donors (Lipinski definition) is 2. The molecule has 0 aliphatic carbocycles. The van der Waals surface area contributed by atoms with Crippen molar-refractivity contribution in [1.29, 1.82) is 5.26 Å². The summed E-state index contributed by atoms with van der Waals surface area (Å²) in [5.74, 6) is 1.25. The van der Waals surface area contributed by atoms with Gasteiger partial charge >= 0.3 is 0 Å². The average Bonchev–Trinajstić information content (AvgIpc) is 2.36. The second-order valence-corrected chi connectivity index (χ2v) is 5.68. The molecule has 1 rings (SSSR count). The Bertz CT molecular complexity index is 413. The van der Waals surface area contributed by atoms with Gasteiger partial charge in [-0.05, 0) is 30.2 Å². The Morgan fingerprint density at radius 2 is 2.22 bits per heavy atom. The fourth-order valence-corrected chi connectivity index (χ4v) is 2.30. The summed E-state index contributed by atoms with van der Waals surface area (Å²) in [5, 5.41) is 21.3. The molecule has 0 radical (unpaired) electrons. The zero-order valence-electron chi connectivity index (χ0n) is 10.9. The van der Waals surface area contributed by atoms with Crippen LogP contribution in [0.25, 0.3) is 0 Å². The summed E-state index contributed by atoms with van der Waals surface area (Å²) in [6, 6.07) is 8.14. The van der Waals surface area contributed by atoms with Gasteiger partial charge in [-0.3, -0.25) is 0 Å². The van der Waals surface area contributed by atoms with Gasteiger partial charge in [-0.25, -0.2) is 0 Å². The minimum Gasteiger partial charge on any atom is -0.396 e. The molecule has 0 fully saturated rings. The summed E-state index contributed by atoms with van der Waals surface area (Å²) in [6.45, 7) is 6.23. The van der Waals surface area contributed by atoms with E-state index in [1.165, 1.54) is 11.8 Å². The molecule has 98 valence electrons. The molecule has 4 heteroatoms. The van der Waals surface area contributed by atoms with E-state index in [-0.39, 0.29) is 6.61 Å². The molecule has 0 aromatic heterocycles. The van der Waals surface area contributed by atoms with E-state index in [1.807, 2.05) is 18.2 Å². The van der Waals surface area contributed by atoms with Crippen LogP contribution in [0.5, 0.6) is 0 Å². The van der Waals surface area contributed by atoms with Crippen molar-refractivity contribution < 1.29 is 5.11 Å². The highest BCUT2D eigenvalue weighted by atomic mass is 32.2. The largest absolute Gasteiger partial charge is 0.396 e. The minimum absolute atomic E-state index is 0.132. The number of nitrogens with zero attached hydrogens (tertiary/aromatic N) is 1. The van der Waals surface area contributed by atoms with Crippen LogP contribution < -0.4 is 5.32 Å². The van der Waals surface area contributed by atoms with Crippen LogP contribution in [-0.2, 0) is 6.54 Å². The predicted octanol–water partition coefficient (Wildman–Crippen LogP) is 2.39.